The number of alkyl halides is 4. The molecule has 0 radical (unpaired) electrons. The van der Waals surface area contributed by atoms with Crippen molar-refractivity contribution >= 4 is 11.6 Å². The van der Waals surface area contributed by atoms with Crippen molar-refractivity contribution in [2.24, 2.45) is 0 Å². The lowest BCUT2D eigenvalue weighted by Crippen LogP contribution is -2.37. The van der Waals surface area contributed by atoms with E-state index in [1.54, 1.807) is 6.07 Å². The van der Waals surface area contributed by atoms with Crippen molar-refractivity contribution in [3.63, 3.8) is 0 Å². The largest absolute Gasteiger partial charge is 0.431 e. The summed E-state index contributed by atoms with van der Waals surface area (Å²) in [5.41, 5.74) is 6.20. The molecule has 5 rings (SSSR count). The topological polar surface area (TPSA) is 86.4 Å². The number of hydrogen-bond acceptors (Lipinski definition) is 7. The zero-order chi connectivity index (χ0) is 20.3. The number of morpholine rings is 1. The Morgan fingerprint density at radius 2 is 2.07 bits per heavy atom. The van der Waals surface area contributed by atoms with Crippen LogP contribution in [0.4, 0.5) is 29.2 Å². The molecule has 0 aromatic carbocycles. The highest BCUT2D eigenvalue weighted by molar-refractivity contribution is 5.67. The van der Waals surface area contributed by atoms with E-state index >= 15 is 0 Å². The van der Waals surface area contributed by atoms with Crippen molar-refractivity contribution in [2.45, 2.75) is 43.4 Å². The Balaban J connectivity index is 1.55. The van der Waals surface area contributed by atoms with Crippen molar-refractivity contribution in [2.75, 3.05) is 23.8 Å². The molecule has 2 aliphatic heterocycles. The van der Waals surface area contributed by atoms with E-state index < -0.39 is 18.5 Å². The second-order valence-electron chi connectivity index (χ2n) is 7.47. The highest BCUT2D eigenvalue weighted by atomic mass is 19.3. The van der Waals surface area contributed by atoms with Crippen LogP contribution >= 0.6 is 0 Å². The smallest absolute Gasteiger partial charge is 0.387 e. The van der Waals surface area contributed by atoms with Gasteiger partial charge in [0, 0.05) is 30.8 Å². The highest BCUT2D eigenvalue weighted by Crippen LogP contribution is 2.55. The molecule has 154 valence electrons. The summed E-state index contributed by atoms with van der Waals surface area (Å²) in [6, 6.07) is 3.04. The number of ether oxygens (including phenoxy) is 2. The Morgan fingerprint density at radius 1 is 1.28 bits per heavy atom. The van der Waals surface area contributed by atoms with Gasteiger partial charge in [-0.05, 0) is 12.5 Å². The number of pyridine rings is 1. The van der Waals surface area contributed by atoms with Crippen LogP contribution in [0.25, 0.3) is 11.3 Å². The van der Waals surface area contributed by atoms with Gasteiger partial charge in [0.2, 0.25) is 0 Å². The molecular formula is C18H17F4N5O2. The van der Waals surface area contributed by atoms with Crippen molar-refractivity contribution < 1.29 is 27.0 Å². The average Bonchev–Trinajstić information content (AvgIpc) is 3.01. The molecule has 2 bridgehead atoms. The number of nitrogen functional groups attached to an aromatic ring is 1. The van der Waals surface area contributed by atoms with Crippen LogP contribution in [0, 0.1) is 0 Å². The maximum absolute atomic E-state index is 13.7. The van der Waals surface area contributed by atoms with Crippen LogP contribution < -0.4 is 15.4 Å². The van der Waals surface area contributed by atoms with E-state index in [1.165, 1.54) is 12.3 Å². The Hall–Kier alpha value is -2.69. The SMILES string of the molecule is Nc1ncc(-c2cc(N3CC4CC3CO4)nc(C3CC3(F)F)n2)cc1OC(F)F. The molecule has 0 spiro atoms. The fourth-order valence-corrected chi connectivity index (χ4v) is 3.86. The number of nitrogens with zero attached hydrogens (tertiary/aromatic N) is 4. The minimum absolute atomic E-state index is 0.0272. The first-order valence-electron chi connectivity index (χ1n) is 9.16. The number of rotatable bonds is 5. The van der Waals surface area contributed by atoms with Crippen LogP contribution in [0.2, 0.25) is 0 Å². The molecule has 3 aliphatic rings. The van der Waals surface area contributed by atoms with Gasteiger partial charge < -0.3 is 20.1 Å². The molecule has 2 saturated heterocycles. The minimum Gasteiger partial charge on any atom is -0.431 e. The Morgan fingerprint density at radius 3 is 2.69 bits per heavy atom. The third-order valence-electron chi connectivity index (χ3n) is 5.46. The average molecular weight is 411 g/mol. The lowest BCUT2D eigenvalue weighted by molar-refractivity contribution is -0.0494. The predicted octanol–water partition coefficient (Wildman–Crippen LogP) is 2.82. The van der Waals surface area contributed by atoms with Crippen LogP contribution in [0.5, 0.6) is 5.75 Å². The van der Waals surface area contributed by atoms with Crippen LogP contribution in [-0.4, -0.2) is 52.8 Å². The van der Waals surface area contributed by atoms with E-state index in [2.05, 4.69) is 19.7 Å². The van der Waals surface area contributed by atoms with Gasteiger partial charge in [-0.25, -0.2) is 23.7 Å². The first kappa shape index (κ1) is 18.3. The van der Waals surface area contributed by atoms with Crippen LogP contribution in [0.3, 0.4) is 0 Å². The summed E-state index contributed by atoms with van der Waals surface area (Å²) < 4.78 is 62.6. The number of hydrogen-bond donors (Lipinski definition) is 1. The van der Waals surface area contributed by atoms with Gasteiger partial charge in [0.1, 0.15) is 11.6 Å². The zero-order valence-corrected chi connectivity index (χ0v) is 15.1. The van der Waals surface area contributed by atoms with Crippen LogP contribution in [0.15, 0.2) is 18.3 Å². The quantitative estimate of drug-likeness (QED) is 0.757. The summed E-state index contributed by atoms with van der Waals surface area (Å²) in [6.45, 7) is -1.91. The molecule has 1 aliphatic carbocycles. The number of nitrogens with two attached hydrogens (primary N) is 1. The van der Waals surface area contributed by atoms with Crippen molar-refractivity contribution in [1.29, 1.82) is 0 Å². The Bertz CT molecular complexity index is 960. The molecule has 7 nitrogen and oxygen atoms in total. The summed E-state index contributed by atoms with van der Waals surface area (Å²) in [5, 5.41) is 0. The summed E-state index contributed by atoms with van der Waals surface area (Å²) in [4.78, 5) is 14.5. The lowest BCUT2D eigenvalue weighted by Gasteiger charge is -2.28. The zero-order valence-electron chi connectivity index (χ0n) is 15.1. The van der Waals surface area contributed by atoms with E-state index in [4.69, 9.17) is 10.5 Å². The van der Waals surface area contributed by atoms with Crippen molar-refractivity contribution in [1.82, 2.24) is 15.0 Å². The van der Waals surface area contributed by atoms with Gasteiger partial charge in [-0.2, -0.15) is 8.78 Å². The fourth-order valence-electron chi connectivity index (χ4n) is 3.86. The summed E-state index contributed by atoms with van der Waals surface area (Å²) >= 11 is 0. The molecular weight excluding hydrogens is 394 g/mol. The van der Waals surface area contributed by atoms with Crippen LogP contribution in [0.1, 0.15) is 24.6 Å². The lowest BCUT2D eigenvalue weighted by atomic mass is 10.1. The van der Waals surface area contributed by atoms with Gasteiger partial charge in [-0.15, -0.1) is 0 Å². The number of halogens is 4. The molecule has 2 N–H and O–H groups in total. The Labute approximate surface area is 162 Å². The monoisotopic (exact) mass is 411 g/mol. The molecule has 11 heteroatoms. The first-order chi connectivity index (χ1) is 13.8. The second kappa shape index (κ2) is 6.41. The summed E-state index contributed by atoms with van der Waals surface area (Å²) in [5.74, 6) is -3.87. The Kier molecular flexibility index (Phi) is 4.05. The number of aromatic nitrogens is 3. The van der Waals surface area contributed by atoms with Gasteiger partial charge in [-0.1, -0.05) is 0 Å². The third-order valence-corrected chi connectivity index (χ3v) is 5.46. The molecule has 0 amide bonds. The van der Waals surface area contributed by atoms with E-state index in [9.17, 15) is 17.6 Å². The molecule has 2 aromatic heterocycles. The van der Waals surface area contributed by atoms with Gasteiger partial charge in [0.05, 0.1) is 30.4 Å². The van der Waals surface area contributed by atoms with Gasteiger partial charge >= 0.3 is 6.61 Å². The molecule has 29 heavy (non-hydrogen) atoms. The molecule has 1 saturated carbocycles. The first-order valence-corrected chi connectivity index (χ1v) is 9.16. The molecule has 2 aromatic rings. The van der Waals surface area contributed by atoms with E-state index in [1.807, 2.05) is 4.90 Å². The van der Waals surface area contributed by atoms with E-state index in [0.717, 1.165) is 6.42 Å². The van der Waals surface area contributed by atoms with E-state index in [0.29, 0.717) is 30.2 Å². The molecule has 3 fully saturated rings. The normalized spacial score (nSPS) is 26.9. The number of fused-ring (bicyclic) bond motifs is 2. The number of anilines is 2. The maximum Gasteiger partial charge on any atom is 0.387 e. The molecule has 4 heterocycles. The maximum atomic E-state index is 13.7. The fraction of sp³-hybridized carbons (Fsp3) is 0.500. The minimum atomic E-state index is -3.07. The van der Waals surface area contributed by atoms with E-state index in [-0.39, 0.29) is 36.0 Å². The van der Waals surface area contributed by atoms with Gasteiger partial charge in [-0.3, -0.25) is 0 Å². The van der Waals surface area contributed by atoms with Crippen molar-refractivity contribution in [3.05, 3.63) is 24.2 Å². The summed E-state index contributed by atoms with van der Waals surface area (Å²) in [7, 11) is 0. The van der Waals surface area contributed by atoms with Crippen molar-refractivity contribution in [3.8, 4) is 17.0 Å². The highest BCUT2D eigenvalue weighted by Gasteiger charge is 2.59. The predicted molar refractivity (Wildman–Crippen MR) is 94.1 cm³/mol. The molecule has 3 atom stereocenters. The van der Waals surface area contributed by atoms with Crippen LogP contribution in [-0.2, 0) is 4.74 Å². The van der Waals surface area contributed by atoms with Gasteiger partial charge in [0.25, 0.3) is 5.92 Å². The standard InChI is InChI=1S/C18H17F4N5O2/c19-17(20)29-13-1-8(5-24-15(13)23)12-3-14(27-6-10-2-9(27)7-28-10)26-16(25-12)11-4-18(11,21)22/h1,3,5,9-11,17H,2,4,6-7H2,(H2,23,24). The van der Waals surface area contributed by atoms with Gasteiger partial charge in [0.15, 0.2) is 11.6 Å². The summed E-state index contributed by atoms with van der Waals surface area (Å²) in [6.07, 6.45) is 1.97. The second-order valence-corrected chi connectivity index (χ2v) is 7.47. The molecule has 3 unspecified atom stereocenters. The third kappa shape index (κ3) is 3.33.